The van der Waals surface area contributed by atoms with Crippen molar-refractivity contribution in [2.45, 2.75) is 19.4 Å². The van der Waals surface area contributed by atoms with Crippen molar-refractivity contribution >= 4 is 10.9 Å². The maximum Gasteiger partial charge on any atom is 0.266 e. The van der Waals surface area contributed by atoms with Gasteiger partial charge in [0.1, 0.15) is 5.82 Å². The van der Waals surface area contributed by atoms with Crippen LogP contribution in [0, 0.1) is 0 Å². The highest BCUT2D eigenvalue weighted by Gasteiger charge is 2.19. The van der Waals surface area contributed by atoms with Gasteiger partial charge in [-0.2, -0.15) is 0 Å². The molecule has 1 aromatic heterocycles. The first-order chi connectivity index (χ1) is 12.6. The van der Waals surface area contributed by atoms with Crippen LogP contribution in [0.5, 0.6) is 0 Å². The van der Waals surface area contributed by atoms with Crippen molar-refractivity contribution in [1.82, 2.24) is 19.8 Å². The monoisotopic (exact) mass is 350 g/mol. The van der Waals surface area contributed by atoms with Crippen LogP contribution in [0.1, 0.15) is 25.2 Å². The van der Waals surface area contributed by atoms with E-state index in [4.69, 9.17) is 4.98 Å². The number of aromatic nitrogens is 2. The maximum absolute atomic E-state index is 13.2. The Bertz CT molecular complexity index is 918. The van der Waals surface area contributed by atoms with E-state index in [1.165, 1.54) is 0 Å². The van der Waals surface area contributed by atoms with Gasteiger partial charge in [0.15, 0.2) is 0 Å². The van der Waals surface area contributed by atoms with E-state index in [1.807, 2.05) is 54.6 Å². The number of nitrogens with one attached hydrogen (secondary N) is 1. The molecule has 0 aliphatic carbocycles. The number of fused-ring (bicyclic) bond motifs is 1. The summed E-state index contributed by atoms with van der Waals surface area (Å²) in [7, 11) is 4.10. The molecule has 3 aromatic rings. The lowest BCUT2D eigenvalue weighted by Gasteiger charge is -2.22. The van der Waals surface area contributed by atoms with Crippen molar-refractivity contribution in [3.63, 3.8) is 0 Å². The molecular weight excluding hydrogens is 324 g/mol. The number of hydrogen-bond donors (Lipinski definition) is 1. The van der Waals surface area contributed by atoms with Crippen molar-refractivity contribution in [3.8, 4) is 5.69 Å². The Balaban J connectivity index is 2.14. The van der Waals surface area contributed by atoms with E-state index in [0.717, 1.165) is 36.5 Å². The number of rotatable bonds is 7. The van der Waals surface area contributed by atoms with Crippen molar-refractivity contribution in [2.75, 3.05) is 27.2 Å². The van der Waals surface area contributed by atoms with Gasteiger partial charge in [0.25, 0.3) is 5.56 Å². The first-order valence-electron chi connectivity index (χ1n) is 9.07. The van der Waals surface area contributed by atoms with Crippen LogP contribution in [0.15, 0.2) is 59.4 Å². The Labute approximate surface area is 154 Å². The molecule has 0 saturated carbocycles. The Morgan fingerprint density at radius 3 is 2.46 bits per heavy atom. The van der Waals surface area contributed by atoms with Crippen LogP contribution in [-0.4, -0.2) is 41.6 Å². The van der Waals surface area contributed by atoms with Gasteiger partial charge < -0.3 is 10.2 Å². The highest BCUT2D eigenvalue weighted by atomic mass is 16.1. The molecular formula is C21H26N4O. The van der Waals surface area contributed by atoms with Gasteiger partial charge in [-0.15, -0.1) is 0 Å². The minimum Gasteiger partial charge on any atom is -0.308 e. The number of para-hydroxylation sites is 2. The molecule has 0 unspecified atom stereocenters. The molecule has 3 rings (SSSR count). The summed E-state index contributed by atoms with van der Waals surface area (Å²) >= 11 is 0. The second-order valence-electron chi connectivity index (χ2n) is 6.68. The summed E-state index contributed by atoms with van der Waals surface area (Å²) in [5.74, 6) is 0.765. The fraction of sp³-hybridized carbons (Fsp3) is 0.333. The predicted octanol–water partition coefficient (Wildman–Crippen LogP) is 2.99. The number of hydrogen-bond acceptors (Lipinski definition) is 4. The van der Waals surface area contributed by atoms with Crippen LogP contribution >= 0.6 is 0 Å². The highest BCUT2D eigenvalue weighted by molar-refractivity contribution is 5.77. The van der Waals surface area contributed by atoms with Crippen LogP contribution in [-0.2, 0) is 0 Å². The molecule has 26 heavy (non-hydrogen) atoms. The average molecular weight is 350 g/mol. The summed E-state index contributed by atoms with van der Waals surface area (Å²) in [4.78, 5) is 20.2. The van der Waals surface area contributed by atoms with Gasteiger partial charge in [-0.25, -0.2) is 4.98 Å². The Kier molecular flexibility index (Phi) is 5.81. The summed E-state index contributed by atoms with van der Waals surface area (Å²) in [5.41, 5.74) is 1.57. The summed E-state index contributed by atoms with van der Waals surface area (Å²) in [6.07, 6.45) is 0.852. The van der Waals surface area contributed by atoms with Gasteiger partial charge in [-0.05, 0) is 44.8 Å². The van der Waals surface area contributed by atoms with Gasteiger partial charge in [0.05, 0.1) is 22.6 Å². The molecule has 5 heteroatoms. The summed E-state index contributed by atoms with van der Waals surface area (Å²) < 4.78 is 1.75. The van der Waals surface area contributed by atoms with Gasteiger partial charge in [0.2, 0.25) is 0 Å². The minimum atomic E-state index is -0.0235. The van der Waals surface area contributed by atoms with Gasteiger partial charge in [0, 0.05) is 13.1 Å². The van der Waals surface area contributed by atoms with Crippen LogP contribution in [0.3, 0.4) is 0 Å². The first-order valence-corrected chi connectivity index (χ1v) is 9.07. The van der Waals surface area contributed by atoms with Crippen molar-refractivity contribution < 1.29 is 0 Å². The zero-order chi connectivity index (χ0) is 18.5. The lowest BCUT2D eigenvalue weighted by Crippen LogP contribution is -2.34. The van der Waals surface area contributed by atoms with Gasteiger partial charge >= 0.3 is 0 Å². The standard InChI is InChI=1S/C21H26N4O/c1-4-18(22-14-15-24(2)3)20-23-19-13-9-8-12-17(19)21(26)25(20)16-10-6-5-7-11-16/h5-13,18,22H,4,14-15H2,1-3H3/t18-/m0/s1. The lowest BCUT2D eigenvalue weighted by molar-refractivity contribution is 0.376. The van der Waals surface area contributed by atoms with Crippen LogP contribution in [0.4, 0.5) is 0 Å². The van der Waals surface area contributed by atoms with E-state index in [1.54, 1.807) is 4.57 Å². The van der Waals surface area contributed by atoms with E-state index < -0.39 is 0 Å². The first kappa shape index (κ1) is 18.3. The second-order valence-corrected chi connectivity index (χ2v) is 6.68. The van der Waals surface area contributed by atoms with E-state index in [0.29, 0.717) is 5.39 Å². The van der Waals surface area contributed by atoms with E-state index in [9.17, 15) is 4.79 Å². The molecule has 0 amide bonds. The smallest absolute Gasteiger partial charge is 0.266 e. The lowest BCUT2D eigenvalue weighted by atomic mass is 10.1. The molecule has 1 atom stereocenters. The fourth-order valence-electron chi connectivity index (χ4n) is 3.09. The zero-order valence-electron chi connectivity index (χ0n) is 15.6. The molecule has 1 heterocycles. The third kappa shape index (κ3) is 3.84. The third-order valence-corrected chi connectivity index (χ3v) is 4.49. The molecule has 0 saturated heterocycles. The average Bonchev–Trinajstić information content (AvgIpc) is 2.66. The quantitative estimate of drug-likeness (QED) is 0.712. The molecule has 0 aliphatic rings. The SMILES string of the molecule is CC[C@H](NCCN(C)C)c1nc2ccccc2c(=O)n1-c1ccccc1. The summed E-state index contributed by atoms with van der Waals surface area (Å²) in [6, 6.07) is 17.3. The molecule has 0 spiro atoms. The predicted molar refractivity (Wildman–Crippen MR) is 107 cm³/mol. The van der Waals surface area contributed by atoms with E-state index in [-0.39, 0.29) is 11.6 Å². The van der Waals surface area contributed by atoms with Crippen LogP contribution in [0.2, 0.25) is 0 Å². The van der Waals surface area contributed by atoms with Crippen LogP contribution < -0.4 is 10.9 Å². The molecule has 0 radical (unpaired) electrons. The van der Waals surface area contributed by atoms with E-state index >= 15 is 0 Å². The number of likely N-dealkylation sites (N-methyl/N-ethyl adjacent to an activating group) is 1. The molecule has 0 fully saturated rings. The summed E-state index contributed by atoms with van der Waals surface area (Å²) in [5, 5.41) is 4.20. The Morgan fingerprint density at radius 1 is 1.08 bits per heavy atom. The zero-order valence-corrected chi connectivity index (χ0v) is 15.6. The maximum atomic E-state index is 13.2. The minimum absolute atomic E-state index is 0.00691. The molecule has 1 N–H and O–H groups in total. The number of benzene rings is 2. The van der Waals surface area contributed by atoms with Gasteiger partial charge in [-0.1, -0.05) is 37.3 Å². The van der Waals surface area contributed by atoms with Crippen molar-refractivity contribution in [1.29, 1.82) is 0 Å². The Morgan fingerprint density at radius 2 is 1.77 bits per heavy atom. The van der Waals surface area contributed by atoms with Crippen molar-refractivity contribution in [3.05, 3.63) is 70.8 Å². The van der Waals surface area contributed by atoms with Crippen molar-refractivity contribution in [2.24, 2.45) is 0 Å². The van der Waals surface area contributed by atoms with E-state index in [2.05, 4.69) is 31.2 Å². The fourth-order valence-corrected chi connectivity index (χ4v) is 3.09. The van der Waals surface area contributed by atoms with Crippen LogP contribution in [0.25, 0.3) is 16.6 Å². The molecule has 0 aliphatic heterocycles. The largest absolute Gasteiger partial charge is 0.308 e. The second kappa shape index (κ2) is 8.25. The third-order valence-electron chi connectivity index (χ3n) is 4.49. The highest BCUT2D eigenvalue weighted by Crippen LogP contribution is 2.20. The molecule has 136 valence electrons. The topological polar surface area (TPSA) is 50.2 Å². The molecule has 2 aromatic carbocycles. The summed E-state index contributed by atoms with van der Waals surface area (Å²) in [6.45, 7) is 3.88. The molecule has 5 nitrogen and oxygen atoms in total. The number of nitrogens with zero attached hydrogens (tertiary/aromatic N) is 3. The Hall–Kier alpha value is -2.50. The normalized spacial score (nSPS) is 12.6. The molecule has 0 bridgehead atoms. The van der Waals surface area contributed by atoms with Gasteiger partial charge in [-0.3, -0.25) is 9.36 Å².